The van der Waals surface area contributed by atoms with Gasteiger partial charge in [0, 0.05) is 37.0 Å². The van der Waals surface area contributed by atoms with Gasteiger partial charge in [-0.05, 0) is 30.7 Å². The first-order valence-corrected chi connectivity index (χ1v) is 9.68. The number of hydrogen-bond acceptors (Lipinski definition) is 6. The van der Waals surface area contributed by atoms with Crippen LogP contribution in [-0.4, -0.2) is 51.0 Å². The Kier molecular flexibility index (Phi) is 6.86. The number of carboxylic acids is 1. The zero-order chi connectivity index (χ0) is 22.4. The molecule has 3 rings (SSSR count). The molecular weight excluding hydrogens is 402 g/mol. The molecule has 0 saturated heterocycles. The van der Waals surface area contributed by atoms with E-state index in [1.807, 2.05) is 31.2 Å². The van der Waals surface area contributed by atoms with Gasteiger partial charge in [-0.1, -0.05) is 18.2 Å². The van der Waals surface area contributed by atoms with Crippen LogP contribution in [0.5, 0.6) is 5.75 Å². The van der Waals surface area contributed by atoms with Gasteiger partial charge < -0.3 is 25.2 Å². The van der Waals surface area contributed by atoms with Crippen molar-refractivity contribution in [1.82, 2.24) is 15.2 Å². The molecule has 2 aromatic rings. The lowest BCUT2D eigenvalue weighted by atomic mass is 10.0. The van der Waals surface area contributed by atoms with Crippen molar-refractivity contribution < 1.29 is 29.3 Å². The molecule has 1 aromatic carbocycles. The van der Waals surface area contributed by atoms with E-state index in [1.165, 1.54) is 4.90 Å². The molecule has 31 heavy (non-hydrogen) atoms. The molecular formula is C22H23N3O6. The second-order valence-electron chi connectivity index (χ2n) is 7.12. The predicted octanol–water partition coefficient (Wildman–Crippen LogP) is 1.71. The van der Waals surface area contributed by atoms with Gasteiger partial charge in [0.25, 0.3) is 11.8 Å². The molecule has 0 radical (unpaired) electrons. The zero-order valence-corrected chi connectivity index (χ0v) is 17.0. The molecule has 9 nitrogen and oxygen atoms in total. The Hall–Kier alpha value is -3.88. The SMILES string of the molecule is Cc1ccc(COc2ccc(CN3CCC(O)=C(C(=O)NCC(=O)O)C3=O)cc2)cn1. The maximum Gasteiger partial charge on any atom is 0.322 e. The number of rotatable bonds is 8. The van der Waals surface area contributed by atoms with Crippen molar-refractivity contribution in [1.29, 1.82) is 0 Å². The quantitative estimate of drug-likeness (QED) is 0.549. The summed E-state index contributed by atoms with van der Waals surface area (Å²) in [7, 11) is 0. The number of carboxylic acid groups (broad SMARTS) is 1. The summed E-state index contributed by atoms with van der Waals surface area (Å²) in [5.74, 6) is -2.45. The molecule has 1 aliphatic rings. The summed E-state index contributed by atoms with van der Waals surface area (Å²) in [6.45, 7) is 2.15. The van der Waals surface area contributed by atoms with Crippen molar-refractivity contribution in [2.24, 2.45) is 0 Å². The first-order valence-electron chi connectivity index (χ1n) is 9.68. The summed E-state index contributed by atoms with van der Waals surface area (Å²) in [5.41, 5.74) is 2.29. The molecule has 0 atom stereocenters. The highest BCUT2D eigenvalue weighted by Gasteiger charge is 2.32. The van der Waals surface area contributed by atoms with Crippen LogP contribution in [0.25, 0.3) is 0 Å². The summed E-state index contributed by atoms with van der Waals surface area (Å²) >= 11 is 0. The molecule has 9 heteroatoms. The van der Waals surface area contributed by atoms with Gasteiger partial charge >= 0.3 is 5.97 Å². The van der Waals surface area contributed by atoms with Crippen LogP contribution < -0.4 is 10.1 Å². The van der Waals surface area contributed by atoms with E-state index in [0.29, 0.717) is 12.4 Å². The molecule has 0 saturated carbocycles. The molecule has 0 unspecified atom stereocenters. The largest absolute Gasteiger partial charge is 0.511 e. The number of aliphatic carboxylic acids is 1. The first kappa shape index (κ1) is 21.8. The lowest BCUT2D eigenvalue weighted by molar-refractivity contribution is -0.138. The van der Waals surface area contributed by atoms with Gasteiger partial charge in [0.15, 0.2) is 0 Å². The molecule has 1 aliphatic heterocycles. The van der Waals surface area contributed by atoms with E-state index in [2.05, 4.69) is 10.3 Å². The summed E-state index contributed by atoms with van der Waals surface area (Å²) in [6, 6.07) is 11.1. The minimum atomic E-state index is -1.24. The molecule has 2 amide bonds. The number of amides is 2. The number of aliphatic hydroxyl groups is 1. The van der Waals surface area contributed by atoms with E-state index >= 15 is 0 Å². The number of hydrogen-bond donors (Lipinski definition) is 3. The smallest absolute Gasteiger partial charge is 0.322 e. The third kappa shape index (κ3) is 5.81. The Morgan fingerprint density at radius 2 is 1.87 bits per heavy atom. The number of carbonyl (C=O) groups is 3. The second kappa shape index (κ2) is 9.75. The van der Waals surface area contributed by atoms with E-state index in [0.717, 1.165) is 16.8 Å². The van der Waals surface area contributed by atoms with E-state index in [9.17, 15) is 19.5 Å². The summed E-state index contributed by atoms with van der Waals surface area (Å²) < 4.78 is 5.74. The minimum Gasteiger partial charge on any atom is -0.511 e. The molecule has 0 aliphatic carbocycles. The van der Waals surface area contributed by atoms with Crippen LogP contribution in [0, 0.1) is 6.92 Å². The average molecular weight is 425 g/mol. The maximum absolute atomic E-state index is 12.6. The number of aliphatic hydroxyl groups excluding tert-OH is 1. The number of carbonyl (C=O) groups excluding carboxylic acids is 2. The Balaban J connectivity index is 1.59. The van der Waals surface area contributed by atoms with Crippen molar-refractivity contribution in [3.05, 3.63) is 70.7 Å². The van der Waals surface area contributed by atoms with Gasteiger partial charge in [-0.3, -0.25) is 19.4 Å². The molecule has 1 aromatic heterocycles. The van der Waals surface area contributed by atoms with Crippen LogP contribution in [0.1, 0.15) is 23.2 Å². The Morgan fingerprint density at radius 1 is 1.16 bits per heavy atom. The number of benzene rings is 1. The second-order valence-corrected chi connectivity index (χ2v) is 7.12. The van der Waals surface area contributed by atoms with Gasteiger partial charge in [-0.15, -0.1) is 0 Å². The zero-order valence-electron chi connectivity index (χ0n) is 17.0. The summed E-state index contributed by atoms with van der Waals surface area (Å²) in [6.07, 6.45) is 1.88. The Labute approximate surface area is 179 Å². The average Bonchev–Trinajstić information content (AvgIpc) is 2.75. The van der Waals surface area contributed by atoms with Crippen molar-refractivity contribution in [3.8, 4) is 5.75 Å². The maximum atomic E-state index is 12.6. The fourth-order valence-corrected chi connectivity index (χ4v) is 3.03. The highest BCUT2D eigenvalue weighted by atomic mass is 16.5. The fourth-order valence-electron chi connectivity index (χ4n) is 3.03. The lowest BCUT2D eigenvalue weighted by Crippen LogP contribution is -2.43. The van der Waals surface area contributed by atoms with Crippen molar-refractivity contribution in [2.45, 2.75) is 26.5 Å². The molecule has 0 spiro atoms. The van der Waals surface area contributed by atoms with Crippen LogP contribution in [0.4, 0.5) is 0 Å². The number of nitrogens with zero attached hydrogens (tertiary/aromatic N) is 2. The minimum absolute atomic E-state index is 0.118. The number of aromatic nitrogens is 1. The van der Waals surface area contributed by atoms with E-state index in [1.54, 1.807) is 18.3 Å². The van der Waals surface area contributed by atoms with E-state index in [-0.39, 0.29) is 25.3 Å². The van der Waals surface area contributed by atoms with Crippen LogP contribution >= 0.6 is 0 Å². The van der Waals surface area contributed by atoms with E-state index in [4.69, 9.17) is 9.84 Å². The topological polar surface area (TPSA) is 129 Å². The Bertz CT molecular complexity index is 999. The van der Waals surface area contributed by atoms with Gasteiger partial charge in [0.2, 0.25) is 0 Å². The number of ether oxygens (including phenoxy) is 1. The molecule has 0 fully saturated rings. The van der Waals surface area contributed by atoms with Gasteiger partial charge in [-0.2, -0.15) is 0 Å². The first-order chi connectivity index (χ1) is 14.8. The van der Waals surface area contributed by atoms with Crippen LogP contribution in [0.3, 0.4) is 0 Å². The Morgan fingerprint density at radius 3 is 2.52 bits per heavy atom. The molecule has 3 N–H and O–H groups in total. The van der Waals surface area contributed by atoms with E-state index < -0.39 is 29.9 Å². The predicted molar refractivity (Wildman–Crippen MR) is 110 cm³/mol. The number of aryl methyl sites for hydroxylation is 1. The third-order valence-electron chi connectivity index (χ3n) is 4.71. The van der Waals surface area contributed by atoms with Crippen LogP contribution in [0.2, 0.25) is 0 Å². The van der Waals surface area contributed by atoms with Crippen LogP contribution in [0.15, 0.2) is 53.9 Å². The van der Waals surface area contributed by atoms with Crippen molar-refractivity contribution >= 4 is 17.8 Å². The lowest BCUT2D eigenvalue weighted by Gasteiger charge is -2.28. The number of nitrogens with one attached hydrogen (secondary N) is 1. The van der Waals surface area contributed by atoms with Crippen LogP contribution in [-0.2, 0) is 27.5 Å². The van der Waals surface area contributed by atoms with Gasteiger partial charge in [0.1, 0.15) is 30.2 Å². The monoisotopic (exact) mass is 425 g/mol. The highest BCUT2D eigenvalue weighted by molar-refractivity contribution is 6.19. The molecule has 0 bridgehead atoms. The molecule has 2 heterocycles. The summed E-state index contributed by atoms with van der Waals surface area (Å²) in [4.78, 5) is 41.0. The normalized spacial score (nSPS) is 13.8. The van der Waals surface area contributed by atoms with Crippen molar-refractivity contribution in [3.63, 3.8) is 0 Å². The summed E-state index contributed by atoms with van der Waals surface area (Å²) in [5, 5.41) is 20.8. The van der Waals surface area contributed by atoms with Gasteiger partial charge in [0.05, 0.1) is 0 Å². The third-order valence-corrected chi connectivity index (χ3v) is 4.71. The van der Waals surface area contributed by atoms with Gasteiger partial charge in [-0.25, -0.2) is 0 Å². The highest BCUT2D eigenvalue weighted by Crippen LogP contribution is 2.21. The molecule has 162 valence electrons. The fraction of sp³-hybridized carbons (Fsp3) is 0.273. The van der Waals surface area contributed by atoms with Crippen molar-refractivity contribution in [2.75, 3.05) is 13.1 Å². The number of pyridine rings is 1. The standard InChI is InChI=1S/C22H23N3O6/c1-14-2-3-16(10-23-14)13-31-17-6-4-15(5-7-17)12-25-9-8-18(26)20(22(25)30)21(29)24-11-19(27)28/h2-7,10,26H,8-9,11-13H2,1H3,(H,24,29)(H,27,28).